The van der Waals surface area contributed by atoms with E-state index in [4.69, 9.17) is 23.8 Å². The molecule has 0 aliphatic carbocycles. The van der Waals surface area contributed by atoms with E-state index >= 15 is 0 Å². The molecule has 0 aliphatic heterocycles. The van der Waals surface area contributed by atoms with Crippen LogP contribution in [-0.2, 0) is 0 Å². The van der Waals surface area contributed by atoms with Crippen molar-refractivity contribution in [3.8, 4) is 0 Å². The van der Waals surface area contributed by atoms with Crippen molar-refractivity contribution in [2.75, 3.05) is 0 Å². The van der Waals surface area contributed by atoms with E-state index in [9.17, 15) is 0 Å². The van der Waals surface area contributed by atoms with Gasteiger partial charge in [0.1, 0.15) is 0 Å². The summed E-state index contributed by atoms with van der Waals surface area (Å²) in [6.07, 6.45) is 2.34. The van der Waals surface area contributed by atoms with Crippen molar-refractivity contribution in [3.05, 3.63) is 28.0 Å². The van der Waals surface area contributed by atoms with Crippen molar-refractivity contribution in [3.63, 3.8) is 0 Å². The molecule has 1 heterocycles. The highest BCUT2D eigenvalue weighted by atomic mass is 35.5. The molecule has 1 aromatic carbocycles. The molecule has 0 fully saturated rings. The fraction of sp³-hybridized carbons (Fsp3) is 0.500. The third-order valence-corrected chi connectivity index (χ3v) is 4.09. The fourth-order valence-corrected chi connectivity index (χ4v) is 2.96. The Kier molecular flexibility index (Phi) is 4.13. The lowest BCUT2D eigenvalue weighted by Gasteiger charge is -2.18. The topological polar surface area (TPSA) is 20.7 Å². The van der Waals surface area contributed by atoms with E-state index in [-0.39, 0.29) is 0 Å². The third-order valence-electron chi connectivity index (χ3n) is 3.56. The van der Waals surface area contributed by atoms with Gasteiger partial charge in [-0.1, -0.05) is 31.9 Å². The number of hydrogen-bond acceptors (Lipinski definition) is 1. The highest BCUT2D eigenvalue weighted by Crippen LogP contribution is 2.26. The lowest BCUT2D eigenvalue weighted by atomic mass is 10.0. The van der Waals surface area contributed by atoms with Crippen molar-refractivity contribution in [1.82, 2.24) is 9.55 Å². The van der Waals surface area contributed by atoms with E-state index in [1.54, 1.807) is 0 Å². The predicted molar refractivity (Wildman–Crippen MR) is 80.9 cm³/mol. The standard InChI is InChI=1S/C14H19ClN2S/c1-4-9(2)7-10(3)17-13-6-5-11(15)8-12(13)16-14(17)18/h5-6,8-10H,4,7H2,1-3H3,(H,16,18). The second-order valence-corrected chi connectivity index (χ2v) is 5.88. The normalized spacial score (nSPS) is 14.9. The summed E-state index contributed by atoms with van der Waals surface area (Å²) >= 11 is 11.4. The highest BCUT2D eigenvalue weighted by Gasteiger charge is 2.13. The van der Waals surface area contributed by atoms with Gasteiger partial charge >= 0.3 is 0 Å². The molecule has 0 radical (unpaired) electrons. The van der Waals surface area contributed by atoms with Gasteiger partial charge in [0.25, 0.3) is 0 Å². The summed E-state index contributed by atoms with van der Waals surface area (Å²) in [4.78, 5) is 3.23. The zero-order valence-electron chi connectivity index (χ0n) is 11.0. The summed E-state index contributed by atoms with van der Waals surface area (Å²) in [6, 6.07) is 6.29. The molecule has 2 nitrogen and oxygen atoms in total. The molecule has 2 atom stereocenters. The number of halogens is 1. The van der Waals surface area contributed by atoms with E-state index < -0.39 is 0 Å². The van der Waals surface area contributed by atoms with Gasteiger partial charge in [0.05, 0.1) is 11.0 Å². The third kappa shape index (κ3) is 2.62. The van der Waals surface area contributed by atoms with Crippen LogP contribution in [0.2, 0.25) is 5.02 Å². The molecule has 2 unspecified atom stereocenters. The van der Waals surface area contributed by atoms with Crippen molar-refractivity contribution in [1.29, 1.82) is 0 Å². The molecule has 0 spiro atoms. The van der Waals surface area contributed by atoms with Crippen molar-refractivity contribution >= 4 is 34.9 Å². The van der Waals surface area contributed by atoms with Gasteiger partial charge in [-0.15, -0.1) is 0 Å². The Balaban J connectivity index is 2.44. The Hall–Kier alpha value is -0.800. The van der Waals surface area contributed by atoms with Crippen LogP contribution in [-0.4, -0.2) is 9.55 Å². The number of rotatable bonds is 4. The molecular weight excluding hydrogens is 264 g/mol. The lowest BCUT2D eigenvalue weighted by molar-refractivity contribution is 0.402. The average molecular weight is 283 g/mol. The molecule has 2 aromatic rings. The first-order valence-electron chi connectivity index (χ1n) is 6.42. The molecule has 1 aromatic heterocycles. The lowest BCUT2D eigenvalue weighted by Crippen LogP contribution is -2.09. The first-order valence-corrected chi connectivity index (χ1v) is 7.21. The number of nitrogens with zero attached hydrogens (tertiary/aromatic N) is 1. The molecule has 2 rings (SSSR count). The molecule has 0 amide bonds. The fourth-order valence-electron chi connectivity index (χ4n) is 2.40. The highest BCUT2D eigenvalue weighted by molar-refractivity contribution is 7.71. The average Bonchev–Trinajstić information content (AvgIpc) is 2.63. The van der Waals surface area contributed by atoms with E-state index in [1.807, 2.05) is 18.2 Å². The Labute approximate surface area is 118 Å². The first-order chi connectivity index (χ1) is 8.52. The van der Waals surface area contributed by atoms with Crippen LogP contribution < -0.4 is 0 Å². The summed E-state index contributed by atoms with van der Waals surface area (Å²) < 4.78 is 2.98. The molecular formula is C14H19ClN2S. The maximum Gasteiger partial charge on any atom is 0.178 e. The van der Waals surface area contributed by atoms with Crippen LogP contribution in [0, 0.1) is 10.7 Å². The van der Waals surface area contributed by atoms with Crippen LogP contribution in [0.25, 0.3) is 11.0 Å². The summed E-state index contributed by atoms with van der Waals surface area (Å²) in [6.45, 7) is 6.74. The molecule has 0 saturated heterocycles. The van der Waals surface area contributed by atoms with Crippen LogP contribution in [0.15, 0.2) is 18.2 Å². The van der Waals surface area contributed by atoms with Crippen LogP contribution in [0.3, 0.4) is 0 Å². The van der Waals surface area contributed by atoms with Gasteiger partial charge in [-0.05, 0) is 49.7 Å². The quantitative estimate of drug-likeness (QED) is 0.750. The van der Waals surface area contributed by atoms with E-state index in [0.29, 0.717) is 12.0 Å². The number of aromatic amines is 1. The monoisotopic (exact) mass is 282 g/mol. The second kappa shape index (κ2) is 5.45. The Morgan fingerprint density at radius 2 is 2.11 bits per heavy atom. The Morgan fingerprint density at radius 1 is 1.39 bits per heavy atom. The van der Waals surface area contributed by atoms with Crippen LogP contribution >= 0.6 is 23.8 Å². The largest absolute Gasteiger partial charge is 0.331 e. The number of benzene rings is 1. The van der Waals surface area contributed by atoms with Gasteiger partial charge in [-0.2, -0.15) is 0 Å². The van der Waals surface area contributed by atoms with Crippen LogP contribution in [0.5, 0.6) is 0 Å². The summed E-state index contributed by atoms with van der Waals surface area (Å²) in [5.74, 6) is 0.708. The number of aromatic nitrogens is 2. The summed E-state index contributed by atoms with van der Waals surface area (Å²) in [5.41, 5.74) is 2.16. The zero-order valence-corrected chi connectivity index (χ0v) is 12.6. The molecule has 98 valence electrons. The van der Waals surface area contributed by atoms with Gasteiger partial charge < -0.3 is 9.55 Å². The van der Waals surface area contributed by atoms with Crippen LogP contribution in [0.4, 0.5) is 0 Å². The Morgan fingerprint density at radius 3 is 2.78 bits per heavy atom. The van der Waals surface area contributed by atoms with Gasteiger partial charge in [0.2, 0.25) is 0 Å². The summed E-state index contributed by atoms with van der Waals surface area (Å²) in [7, 11) is 0. The molecule has 18 heavy (non-hydrogen) atoms. The number of hydrogen-bond donors (Lipinski definition) is 1. The van der Waals surface area contributed by atoms with Gasteiger partial charge in [0.15, 0.2) is 4.77 Å². The predicted octanol–water partition coefficient (Wildman–Crippen LogP) is 5.35. The number of imidazole rings is 1. The van der Waals surface area contributed by atoms with Crippen molar-refractivity contribution < 1.29 is 0 Å². The molecule has 1 N–H and O–H groups in total. The maximum atomic E-state index is 6.00. The molecule has 0 aliphatic rings. The van der Waals surface area contributed by atoms with E-state index in [2.05, 4.69) is 30.3 Å². The van der Waals surface area contributed by atoms with Gasteiger partial charge in [-0.25, -0.2) is 0 Å². The second-order valence-electron chi connectivity index (χ2n) is 5.06. The van der Waals surface area contributed by atoms with Gasteiger partial charge in [-0.3, -0.25) is 0 Å². The molecule has 4 heteroatoms. The zero-order chi connectivity index (χ0) is 13.3. The van der Waals surface area contributed by atoms with E-state index in [0.717, 1.165) is 27.2 Å². The Bertz CT molecular complexity index is 599. The smallest absolute Gasteiger partial charge is 0.178 e. The SMILES string of the molecule is CCC(C)CC(C)n1c(=S)[nH]c2cc(Cl)ccc21. The van der Waals surface area contributed by atoms with Crippen LogP contribution in [0.1, 0.15) is 39.7 Å². The van der Waals surface area contributed by atoms with E-state index in [1.165, 1.54) is 6.42 Å². The van der Waals surface area contributed by atoms with Crippen molar-refractivity contribution in [2.45, 2.75) is 39.7 Å². The number of nitrogens with one attached hydrogen (secondary N) is 1. The number of H-pyrrole nitrogens is 1. The minimum atomic E-state index is 0.405. The van der Waals surface area contributed by atoms with Crippen molar-refractivity contribution in [2.24, 2.45) is 5.92 Å². The summed E-state index contributed by atoms with van der Waals surface area (Å²) in [5, 5.41) is 0.737. The number of fused-ring (bicyclic) bond motifs is 1. The minimum absolute atomic E-state index is 0.405. The van der Waals surface area contributed by atoms with Gasteiger partial charge in [0, 0.05) is 11.1 Å². The first kappa shape index (κ1) is 13.6. The maximum absolute atomic E-state index is 6.00. The molecule has 0 bridgehead atoms. The molecule has 0 saturated carbocycles. The minimum Gasteiger partial charge on any atom is -0.331 e.